The first-order valence-corrected chi connectivity index (χ1v) is 8.36. The van der Waals surface area contributed by atoms with Crippen LogP contribution in [0.3, 0.4) is 0 Å². The van der Waals surface area contributed by atoms with E-state index in [1.54, 1.807) is 4.90 Å². The van der Waals surface area contributed by atoms with Crippen LogP contribution < -0.4 is 10.6 Å². The number of hydrogen-bond acceptors (Lipinski definition) is 3. The van der Waals surface area contributed by atoms with Crippen LogP contribution in [0.25, 0.3) is 0 Å². The Hall–Kier alpha value is -1.59. The van der Waals surface area contributed by atoms with Crippen molar-refractivity contribution in [3.8, 4) is 0 Å². The van der Waals surface area contributed by atoms with Crippen LogP contribution >= 0.6 is 0 Å². The van der Waals surface area contributed by atoms with Crippen LogP contribution in [-0.4, -0.2) is 48.8 Å². The van der Waals surface area contributed by atoms with E-state index in [4.69, 9.17) is 0 Å². The van der Waals surface area contributed by atoms with E-state index in [-0.39, 0.29) is 17.7 Å². The fourth-order valence-electron chi connectivity index (χ4n) is 2.02. The Morgan fingerprint density at radius 3 is 1.50 bits per heavy atom. The molecule has 0 aliphatic rings. The summed E-state index contributed by atoms with van der Waals surface area (Å²) in [6, 6.07) is 0. The second-order valence-corrected chi connectivity index (χ2v) is 5.33. The van der Waals surface area contributed by atoms with E-state index >= 15 is 0 Å². The first-order chi connectivity index (χ1) is 10.5. The molecule has 0 atom stereocenters. The Kier molecular flexibility index (Phi) is 12.2. The highest BCUT2D eigenvalue weighted by Gasteiger charge is 2.12. The lowest BCUT2D eigenvalue weighted by Crippen LogP contribution is -2.42. The molecule has 0 aliphatic heterocycles. The molecule has 0 heterocycles. The van der Waals surface area contributed by atoms with Gasteiger partial charge in [-0.1, -0.05) is 20.8 Å². The summed E-state index contributed by atoms with van der Waals surface area (Å²) < 4.78 is 0. The SMILES string of the molecule is CCCC(=O)NCCN(CCNC(=O)CCC)C(=O)CCC. The van der Waals surface area contributed by atoms with E-state index in [1.807, 2.05) is 20.8 Å². The second-order valence-electron chi connectivity index (χ2n) is 5.33. The topological polar surface area (TPSA) is 78.5 Å². The standard InChI is InChI=1S/C16H31N3O3/c1-4-7-14(20)17-10-12-19(16(22)9-6-3)13-11-18-15(21)8-5-2/h4-13H2,1-3H3,(H,17,20)(H,18,21). The highest BCUT2D eigenvalue weighted by molar-refractivity contribution is 5.77. The van der Waals surface area contributed by atoms with Crippen molar-refractivity contribution in [2.75, 3.05) is 26.2 Å². The van der Waals surface area contributed by atoms with Gasteiger partial charge in [0.1, 0.15) is 0 Å². The van der Waals surface area contributed by atoms with Crippen molar-refractivity contribution < 1.29 is 14.4 Å². The van der Waals surface area contributed by atoms with Crippen molar-refractivity contribution in [1.82, 2.24) is 15.5 Å². The zero-order valence-corrected chi connectivity index (χ0v) is 14.2. The van der Waals surface area contributed by atoms with Crippen LogP contribution in [0.5, 0.6) is 0 Å². The summed E-state index contributed by atoms with van der Waals surface area (Å²) in [5, 5.41) is 5.62. The maximum atomic E-state index is 12.0. The number of carbonyl (C=O) groups excluding carboxylic acids is 3. The van der Waals surface area contributed by atoms with Gasteiger partial charge in [-0.25, -0.2) is 0 Å². The van der Waals surface area contributed by atoms with Crippen molar-refractivity contribution in [3.63, 3.8) is 0 Å². The lowest BCUT2D eigenvalue weighted by molar-refractivity contribution is -0.132. The lowest BCUT2D eigenvalue weighted by Gasteiger charge is -2.23. The minimum absolute atomic E-state index is 0.0154. The molecule has 128 valence electrons. The third-order valence-corrected chi connectivity index (χ3v) is 3.18. The zero-order chi connectivity index (χ0) is 16.8. The molecule has 0 spiro atoms. The average Bonchev–Trinajstić information content (AvgIpc) is 2.46. The molecule has 0 saturated carbocycles. The van der Waals surface area contributed by atoms with Gasteiger partial charge < -0.3 is 15.5 Å². The molecule has 0 aromatic carbocycles. The van der Waals surface area contributed by atoms with Gasteiger partial charge in [0.05, 0.1) is 0 Å². The molecule has 0 aliphatic carbocycles. The molecule has 0 unspecified atom stereocenters. The quantitative estimate of drug-likeness (QED) is 0.572. The molecule has 0 fully saturated rings. The molecule has 0 radical (unpaired) electrons. The van der Waals surface area contributed by atoms with E-state index in [1.165, 1.54) is 0 Å². The average molecular weight is 313 g/mol. The van der Waals surface area contributed by atoms with Crippen molar-refractivity contribution >= 4 is 17.7 Å². The van der Waals surface area contributed by atoms with Gasteiger partial charge in [0.2, 0.25) is 17.7 Å². The van der Waals surface area contributed by atoms with Gasteiger partial charge in [0.15, 0.2) is 0 Å². The highest BCUT2D eigenvalue weighted by atomic mass is 16.2. The maximum Gasteiger partial charge on any atom is 0.222 e. The van der Waals surface area contributed by atoms with E-state index in [0.717, 1.165) is 19.3 Å². The summed E-state index contributed by atoms with van der Waals surface area (Å²) in [6.45, 7) is 7.75. The molecule has 0 aromatic rings. The smallest absolute Gasteiger partial charge is 0.222 e. The van der Waals surface area contributed by atoms with Gasteiger partial charge in [-0.05, 0) is 19.3 Å². The fraction of sp³-hybridized carbons (Fsp3) is 0.812. The number of amides is 3. The van der Waals surface area contributed by atoms with Crippen LogP contribution in [-0.2, 0) is 14.4 Å². The van der Waals surface area contributed by atoms with Gasteiger partial charge in [0, 0.05) is 45.4 Å². The Balaban J connectivity index is 4.18. The monoisotopic (exact) mass is 313 g/mol. The molecule has 0 aromatic heterocycles. The molecule has 0 rings (SSSR count). The molecule has 2 N–H and O–H groups in total. The van der Waals surface area contributed by atoms with Crippen LogP contribution in [0, 0.1) is 0 Å². The van der Waals surface area contributed by atoms with E-state index in [2.05, 4.69) is 10.6 Å². The van der Waals surface area contributed by atoms with Gasteiger partial charge >= 0.3 is 0 Å². The lowest BCUT2D eigenvalue weighted by atomic mass is 10.3. The van der Waals surface area contributed by atoms with E-state index in [0.29, 0.717) is 45.4 Å². The third kappa shape index (κ3) is 10.2. The second kappa shape index (κ2) is 13.1. The van der Waals surface area contributed by atoms with Crippen molar-refractivity contribution in [3.05, 3.63) is 0 Å². The van der Waals surface area contributed by atoms with Gasteiger partial charge in [-0.15, -0.1) is 0 Å². The summed E-state index contributed by atoms with van der Waals surface area (Å²) in [7, 11) is 0. The highest BCUT2D eigenvalue weighted by Crippen LogP contribution is 1.97. The van der Waals surface area contributed by atoms with E-state index in [9.17, 15) is 14.4 Å². The minimum Gasteiger partial charge on any atom is -0.354 e. The predicted molar refractivity (Wildman–Crippen MR) is 87.3 cm³/mol. The summed E-state index contributed by atoms with van der Waals surface area (Å²) in [5.74, 6) is 0.0975. The summed E-state index contributed by atoms with van der Waals surface area (Å²) in [5.41, 5.74) is 0. The van der Waals surface area contributed by atoms with Gasteiger partial charge in [-0.2, -0.15) is 0 Å². The molecule has 3 amide bonds. The Labute approximate surface area is 134 Å². The Morgan fingerprint density at radius 1 is 0.727 bits per heavy atom. The van der Waals surface area contributed by atoms with Gasteiger partial charge in [0.25, 0.3) is 0 Å². The number of nitrogens with one attached hydrogen (secondary N) is 2. The van der Waals surface area contributed by atoms with Crippen LogP contribution in [0.4, 0.5) is 0 Å². The first-order valence-electron chi connectivity index (χ1n) is 8.36. The van der Waals surface area contributed by atoms with Crippen molar-refractivity contribution in [2.24, 2.45) is 0 Å². The van der Waals surface area contributed by atoms with Crippen LogP contribution in [0.2, 0.25) is 0 Å². The number of nitrogens with zero attached hydrogens (tertiary/aromatic N) is 1. The van der Waals surface area contributed by atoms with Crippen LogP contribution in [0.15, 0.2) is 0 Å². The first kappa shape index (κ1) is 20.4. The minimum atomic E-state index is 0.0154. The van der Waals surface area contributed by atoms with Crippen molar-refractivity contribution in [1.29, 1.82) is 0 Å². The Bertz CT molecular complexity index is 322. The largest absolute Gasteiger partial charge is 0.354 e. The number of hydrogen-bond donors (Lipinski definition) is 2. The number of carbonyl (C=O) groups is 3. The zero-order valence-electron chi connectivity index (χ0n) is 14.2. The Morgan fingerprint density at radius 2 is 1.14 bits per heavy atom. The molecular weight excluding hydrogens is 282 g/mol. The van der Waals surface area contributed by atoms with E-state index < -0.39 is 0 Å². The normalized spacial score (nSPS) is 10.1. The molecule has 6 nitrogen and oxygen atoms in total. The third-order valence-electron chi connectivity index (χ3n) is 3.18. The fourth-order valence-corrected chi connectivity index (χ4v) is 2.02. The summed E-state index contributed by atoms with van der Waals surface area (Å²) in [4.78, 5) is 36.6. The number of rotatable bonds is 12. The van der Waals surface area contributed by atoms with Crippen molar-refractivity contribution in [2.45, 2.75) is 59.3 Å². The maximum absolute atomic E-state index is 12.0. The van der Waals surface area contributed by atoms with Gasteiger partial charge in [-0.3, -0.25) is 14.4 Å². The summed E-state index contributed by atoms with van der Waals surface area (Å²) in [6.07, 6.45) is 3.93. The summed E-state index contributed by atoms with van der Waals surface area (Å²) >= 11 is 0. The predicted octanol–water partition coefficient (Wildman–Crippen LogP) is 1.45. The van der Waals surface area contributed by atoms with Crippen LogP contribution in [0.1, 0.15) is 59.3 Å². The molecule has 6 heteroatoms. The molecule has 22 heavy (non-hydrogen) atoms. The molecule has 0 saturated heterocycles. The molecular formula is C16H31N3O3. The molecule has 0 bridgehead atoms.